The highest BCUT2D eigenvalue weighted by Crippen LogP contribution is 2.53. The van der Waals surface area contributed by atoms with Crippen molar-refractivity contribution >= 4 is 16.9 Å². The number of aromatic nitrogens is 4. The number of imidazole rings is 1. The molecule has 2 bridgehead atoms. The van der Waals surface area contributed by atoms with Gasteiger partial charge in [-0.05, 0) is 50.1 Å². The number of ether oxygens (including phenoxy) is 1. The quantitative estimate of drug-likeness (QED) is 0.394. The molecule has 1 unspecified atom stereocenters. The summed E-state index contributed by atoms with van der Waals surface area (Å²) < 4.78 is 33.9. The van der Waals surface area contributed by atoms with E-state index in [0.717, 1.165) is 33.5 Å². The maximum absolute atomic E-state index is 13.4. The molecule has 0 spiro atoms. The van der Waals surface area contributed by atoms with Gasteiger partial charge in [0.15, 0.2) is 5.82 Å². The molecule has 38 heavy (non-hydrogen) atoms. The van der Waals surface area contributed by atoms with Gasteiger partial charge >= 0.3 is 6.61 Å². The van der Waals surface area contributed by atoms with Crippen molar-refractivity contribution in [1.82, 2.24) is 24.4 Å². The molecule has 4 heterocycles. The normalized spacial score (nSPS) is 20.4. The van der Waals surface area contributed by atoms with Gasteiger partial charge in [0.2, 0.25) is 5.91 Å². The van der Waals surface area contributed by atoms with Gasteiger partial charge in [-0.25, -0.2) is 15.0 Å². The molecule has 0 saturated heterocycles. The summed E-state index contributed by atoms with van der Waals surface area (Å²) in [5, 5.41) is 10.2. The van der Waals surface area contributed by atoms with E-state index in [4.69, 9.17) is 9.72 Å². The molecule has 0 saturated carbocycles. The molecule has 0 aliphatic carbocycles. The largest absolute Gasteiger partial charge is 0.434 e. The first-order valence-corrected chi connectivity index (χ1v) is 12.5. The van der Waals surface area contributed by atoms with E-state index < -0.39 is 12.2 Å². The Balaban J connectivity index is 1.55. The summed E-state index contributed by atoms with van der Waals surface area (Å²) in [4.78, 5) is 28.2. The molecule has 2 aromatic heterocycles. The summed E-state index contributed by atoms with van der Waals surface area (Å²) in [6.07, 6.45) is 3.83. The molecule has 0 fully saturated rings. The van der Waals surface area contributed by atoms with Crippen molar-refractivity contribution in [3.63, 3.8) is 0 Å². The van der Waals surface area contributed by atoms with Crippen LogP contribution in [0.5, 0.6) is 5.75 Å². The summed E-state index contributed by atoms with van der Waals surface area (Å²) in [6.45, 7) is 3.71. The van der Waals surface area contributed by atoms with Crippen LogP contribution in [0.3, 0.4) is 0 Å². The van der Waals surface area contributed by atoms with Crippen LogP contribution in [0.1, 0.15) is 75.0 Å². The molecular formula is C28H27F2N5O3. The van der Waals surface area contributed by atoms with E-state index in [1.54, 1.807) is 43.3 Å². The standard InChI is InChI=1S/C28H27F2N5O3/c1-14-18-6-5-7-23(38-27(29)30)24(18)21-11-22(34(14)15(2)36)25-33-19-9-8-16(10-20(19)35(21)25)17-12-31-26(32-13-17)28(3,4)37/h5-10,12-14,21-22,27,37H,11H2,1-4H3/t14-,21+,22?/m0/s1. The molecule has 8 nitrogen and oxygen atoms in total. The Morgan fingerprint density at radius 2 is 1.87 bits per heavy atom. The number of rotatable bonds is 4. The van der Waals surface area contributed by atoms with Gasteiger partial charge in [0.1, 0.15) is 17.2 Å². The zero-order valence-corrected chi connectivity index (χ0v) is 21.4. The summed E-state index contributed by atoms with van der Waals surface area (Å²) >= 11 is 0. The highest BCUT2D eigenvalue weighted by atomic mass is 19.3. The number of nitrogens with zero attached hydrogens (tertiary/aromatic N) is 5. The lowest BCUT2D eigenvalue weighted by Crippen LogP contribution is -2.34. The predicted molar refractivity (Wildman–Crippen MR) is 136 cm³/mol. The number of alkyl halides is 2. The Morgan fingerprint density at radius 1 is 1.13 bits per heavy atom. The predicted octanol–water partition coefficient (Wildman–Crippen LogP) is 5.28. The van der Waals surface area contributed by atoms with Crippen LogP contribution in [-0.4, -0.2) is 42.0 Å². The molecule has 2 aromatic carbocycles. The number of amides is 1. The number of aliphatic hydroxyl groups is 1. The molecule has 0 radical (unpaired) electrons. The first kappa shape index (κ1) is 24.4. The van der Waals surface area contributed by atoms with E-state index in [1.165, 1.54) is 6.92 Å². The SMILES string of the molecule is CC(=O)N1C2C[C@H](c3c(OC(F)F)cccc3[C@@H]1C)n1c2nc2ccc(-c3cnc(C(C)(C)O)nc3)cc21. The van der Waals surface area contributed by atoms with Crippen molar-refractivity contribution in [3.05, 3.63) is 71.6 Å². The zero-order chi connectivity index (χ0) is 26.9. The Kier molecular flexibility index (Phi) is 5.50. The molecule has 1 amide bonds. The maximum Gasteiger partial charge on any atom is 0.387 e. The average molecular weight is 520 g/mol. The number of benzene rings is 2. The van der Waals surface area contributed by atoms with Crippen molar-refractivity contribution in [2.75, 3.05) is 0 Å². The minimum Gasteiger partial charge on any atom is -0.434 e. The number of carbonyl (C=O) groups is 1. The smallest absolute Gasteiger partial charge is 0.387 e. The minimum absolute atomic E-state index is 0.111. The topological polar surface area (TPSA) is 93.4 Å². The second-order valence-corrected chi connectivity index (χ2v) is 10.4. The van der Waals surface area contributed by atoms with E-state index in [9.17, 15) is 18.7 Å². The van der Waals surface area contributed by atoms with Crippen molar-refractivity contribution in [2.24, 2.45) is 0 Å². The molecule has 2 aliphatic heterocycles. The fraction of sp³-hybridized carbons (Fsp3) is 0.357. The van der Waals surface area contributed by atoms with E-state index in [-0.39, 0.29) is 29.8 Å². The molecule has 1 N–H and O–H groups in total. The minimum atomic E-state index is -2.97. The summed E-state index contributed by atoms with van der Waals surface area (Å²) in [5.74, 6) is 1.04. The van der Waals surface area contributed by atoms with E-state index in [2.05, 4.69) is 14.5 Å². The second-order valence-electron chi connectivity index (χ2n) is 10.4. The molecule has 2 aliphatic rings. The third-order valence-corrected chi connectivity index (χ3v) is 7.52. The van der Waals surface area contributed by atoms with Crippen molar-refractivity contribution in [2.45, 2.75) is 64.5 Å². The Bertz CT molecular complexity index is 1560. The number of carbonyl (C=O) groups excluding carboxylic acids is 1. The Labute approximate surface area is 217 Å². The highest BCUT2D eigenvalue weighted by Gasteiger charge is 2.46. The van der Waals surface area contributed by atoms with E-state index in [0.29, 0.717) is 17.8 Å². The van der Waals surface area contributed by atoms with Crippen LogP contribution >= 0.6 is 0 Å². The van der Waals surface area contributed by atoms with Gasteiger partial charge in [0.05, 0.1) is 29.2 Å². The molecular weight excluding hydrogens is 492 g/mol. The first-order valence-electron chi connectivity index (χ1n) is 12.5. The Hall–Kier alpha value is -3.92. The first-order chi connectivity index (χ1) is 18.0. The van der Waals surface area contributed by atoms with Crippen molar-refractivity contribution < 1.29 is 23.4 Å². The van der Waals surface area contributed by atoms with Crippen molar-refractivity contribution in [1.29, 1.82) is 0 Å². The number of halogens is 2. The van der Waals surface area contributed by atoms with Gasteiger partial charge in [-0.2, -0.15) is 8.78 Å². The number of fused-ring (bicyclic) bond motifs is 9. The fourth-order valence-corrected chi connectivity index (χ4v) is 5.95. The van der Waals surface area contributed by atoms with Crippen LogP contribution in [0.25, 0.3) is 22.2 Å². The van der Waals surface area contributed by atoms with E-state index in [1.807, 2.05) is 31.2 Å². The van der Waals surface area contributed by atoms with Gasteiger partial charge in [0, 0.05) is 36.9 Å². The molecule has 4 aromatic rings. The van der Waals surface area contributed by atoms with Crippen LogP contribution < -0.4 is 4.74 Å². The molecule has 10 heteroatoms. The lowest BCUT2D eigenvalue weighted by molar-refractivity contribution is -0.133. The lowest BCUT2D eigenvalue weighted by atomic mass is 9.94. The third kappa shape index (κ3) is 3.74. The number of hydrogen-bond acceptors (Lipinski definition) is 6. The molecule has 196 valence electrons. The van der Waals surface area contributed by atoms with Gasteiger partial charge < -0.3 is 19.3 Å². The summed E-state index contributed by atoms with van der Waals surface area (Å²) in [5.41, 5.74) is 3.42. The second kappa shape index (κ2) is 8.56. The van der Waals surface area contributed by atoms with Gasteiger partial charge in [0.25, 0.3) is 0 Å². The zero-order valence-electron chi connectivity index (χ0n) is 21.4. The fourth-order valence-electron chi connectivity index (χ4n) is 5.95. The lowest BCUT2D eigenvalue weighted by Gasteiger charge is -2.33. The average Bonchev–Trinajstić information content (AvgIpc) is 3.36. The monoisotopic (exact) mass is 519 g/mol. The maximum atomic E-state index is 13.4. The van der Waals surface area contributed by atoms with Gasteiger partial charge in [-0.3, -0.25) is 4.79 Å². The Morgan fingerprint density at radius 3 is 2.53 bits per heavy atom. The van der Waals surface area contributed by atoms with Crippen LogP contribution in [0.2, 0.25) is 0 Å². The summed E-state index contributed by atoms with van der Waals surface area (Å²) in [7, 11) is 0. The third-order valence-electron chi connectivity index (χ3n) is 7.52. The van der Waals surface area contributed by atoms with Crippen molar-refractivity contribution in [3.8, 4) is 16.9 Å². The number of hydrogen-bond donors (Lipinski definition) is 1. The molecule has 3 atom stereocenters. The summed E-state index contributed by atoms with van der Waals surface area (Å²) in [6, 6.07) is 9.91. The van der Waals surface area contributed by atoms with E-state index >= 15 is 0 Å². The van der Waals surface area contributed by atoms with Crippen LogP contribution in [0, 0.1) is 0 Å². The highest BCUT2D eigenvalue weighted by molar-refractivity contribution is 5.84. The molecule has 6 rings (SSSR count). The van der Waals surface area contributed by atoms with Gasteiger partial charge in [-0.1, -0.05) is 18.2 Å². The van der Waals surface area contributed by atoms with Crippen LogP contribution in [0.15, 0.2) is 48.8 Å². The van der Waals surface area contributed by atoms with Crippen LogP contribution in [-0.2, 0) is 10.4 Å². The van der Waals surface area contributed by atoms with Gasteiger partial charge in [-0.15, -0.1) is 0 Å². The van der Waals surface area contributed by atoms with Crippen LogP contribution in [0.4, 0.5) is 8.78 Å².